The van der Waals surface area contributed by atoms with Gasteiger partial charge in [0.15, 0.2) is 0 Å². The number of para-hydroxylation sites is 1. The summed E-state index contributed by atoms with van der Waals surface area (Å²) in [6.45, 7) is 5.47. The van der Waals surface area contributed by atoms with E-state index in [9.17, 15) is 4.79 Å². The van der Waals surface area contributed by atoms with Gasteiger partial charge in [-0.3, -0.25) is 9.36 Å². The molecule has 0 aliphatic heterocycles. The van der Waals surface area contributed by atoms with Crippen molar-refractivity contribution < 1.29 is 9.47 Å². The van der Waals surface area contributed by atoms with Crippen LogP contribution in [0.4, 0.5) is 0 Å². The molecule has 0 fully saturated rings. The minimum atomic E-state index is -0.00204. The molecule has 0 atom stereocenters. The summed E-state index contributed by atoms with van der Waals surface area (Å²) in [4.78, 5) is 18.1. The van der Waals surface area contributed by atoms with Gasteiger partial charge in [-0.15, -0.1) is 0 Å². The average molecular weight is 443 g/mol. The molecular formula is C28H30N2O3. The number of ether oxygens (including phenoxy) is 2. The van der Waals surface area contributed by atoms with Crippen molar-refractivity contribution in [1.29, 1.82) is 0 Å². The molecule has 170 valence electrons. The van der Waals surface area contributed by atoms with Gasteiger partial charge in [0.25, 0.3) is 5.56 Å². The Kier molecular flexibility index (Phi) is 7.08. The maximum atomic E-state index is 13.3. The summed E-state index contributed by atoms with van der Waals surface area (Å²) < 4.78 is 13.0. The maximum Gasteiger partial charge on any atom is 0.261 e. The van der Waals surface area contributed by atoms with Crippen molar-refractivity contribution in [1.82, 2.24) is 9.55 Å². The quantitative estimate of drug-likeness (QED) is 0.301. The summed E-state index contributed by atoms with van der Waals surface area (Å²) >= 11 is 0. The van der Waals surface area contributed by atoms with Crippen molar-refractivity contribution in [3.05, 3.63) is 88.2 Å². The molecule has 5 nitrogen and oxygen atoms in total. The molecule has 1 aromatic heterocycles. The van der Waals surface area contributed by atoms with Gasteiger partial charge in [0.1, 0.15) is 17.3 Å². The second kappa shape index (κ2) is 10.3. The fourth-order valence-corrected chi connectivity index (χ4v) is 3.88. The molecule has 0 bridgehead atoms. The SMILES string of the molecule is COc1ccc(-c2nc3ccccc3c(=O)n2CCCCCOc2ccc(C)c(C)c2)cc1. The third kappa shape index (κ3) is 5.25. The summed E-state index contributed by atoms with van der Waals surface area (Å²) in [5.74, 6) is 2.37. The number of hydrogen-bond acceptors (Lipinski definition) is 4. The minimum absolute atomic E-state index is 0.00204. The first-order valence-corrected chi connectivity index (χ1v) is 11.4. The Morgan fingerprint density at radius 3 is 2.36 bits per heavy atom. The van der Waals surface area contributed by atoms with E-state index in [1.807, 2.05) is 54.6 Å². The van der Waals surface area contributed by atoms with Crippen LogP contribution in [0.15, 0.2) is 71.5 Å². The Morgan fingerprint density at radius 2 is 1.61 bits per heavy atom. The molecule has 0 aliphatic rings. The van der Waals surface area contributed by atoms with E-state index in [0.717, 1.165) is 36.3 Å². The first-order valence-electron chi connectivity index (χ1n) is 11.4. The maximum absolute atomic E-state index is 13.3. The number of unbranched alkanes of at least 4 members (excludes halogenated alkanes) is 2. The van der Waals surface area contributed by atoms with Crippen LogP contribution in [-0.4, -0.2) is 23.3 Å². The number of aromatic nitrogens is 2. The fraction of sp³-hybridized carbons (Fsp3) is 0.286. The highest BCUT2D eigenvalue weighted by atomic mass is 16.5. The van der Waals surface area contributed by atoms with Crippen LogP contribution in [0.5, 0.6) is 11.5 Å². The number of fused-ring (bicyclic) bond motifs is 1. The molecule has 0 saturated heterocycles. The van der Waals surface area contributed by atoms with Crippen LogP contribution in [0.2, 0.25) is 0 Å². The monoisotopic (exact) mass is 442 g/mol. The standard InChI is InChI=1S/C28H30N2O3/c1-20-11-14-24(19-21(20)2)33-18-8-4-7-17-30-27(22-12-15-23(32-3)16-13-22)29-26-10-6-5-9-25(26)28(30)31/h5-6,9-16,19H,4,7-8,17-18H2,1-3H3. The van der Waals surface area contributed by atoms with Gasteiger partial charge in [0.05, 0.1) is 24.6 Å². The number of rotatable bonds is 9. The Morgan fingerprint density at radius 1 is 0.848 bits per heavy atom. The van der Waals surface area contributed by atoms with Gasteiger partial charge in [-0.1, -0.05) is 18.2 Å². The van der Waals surface area contributed by atoms with Crippen molar-refractivity contribution in [3.8, 4) is 22.9 Å². The van der Waals surface area contributed by atoms with E-state index in [0.29, 0.717) is 29.9 Å². The molecule has 0 saturated carbocycles. The van der Waals surface area contributed by atoms with E-state index in [4.69, 9.17) is 14.5 Å². The van der Waals surface area contributed by atoms with Gasteiger partial charge >= 0.3 is 0 Å². The molecular weight excluding hydrogens is 412 g/mol. The average Bonchev–Trinajstić information content (AvgIpc) is 2.84. The lowest BCUT2D eigenvalue weighted by molar-refractivity contribution is 0.303. The number of nitrogens with zero attached hydrogens (tertiary/aromatic N) is 2. The van der Waals surface area contributed by atoms with E-state index in [1.165, 1.54) is 11.1 Å². The van der Waals surface area contributed by atoms with E-state index in [1.54, 1.807) is 11.7 Å². The van der Waals surface area contributed by atoms with Crippen molar-refractivity contribution in [2.45, 2.75) is 39.7 Å². The zero-order valence-electron chi connectivity index (χ0n) is 19.5. The van der Waals surface area contributed by atoms with E-state index >= 15 is 0 Å². The third-order valence-corrected chi connectivity index (χ3v) is 5.98. The van der Waals surface area contributed by atoms with E-state index in [2.05, 4.69) is 26.0 Å². The van der Waals surface area contributed by atoms with Crippen LogP contribution in [0.1, 0.15) is 30.4 Å². The topological polar surface area (TPSA) is 53.3 Å². The normalized spacial score (nSPS) is 11.0. The molecule has 0 aliphatic carbocycles. The number of benzene rings is 3. The largest absolute Gasteiger partial charge is 0.497 e. The lowest BCUT2D eigenvalue weighted by atomic mass is 10.1. The molecule has 3 aromatic carbocycles. The highest BCUT2D eigenvalue weighted by molar-refractivity contribution is 5.79. The zero-order valence-corrected chi connectivity index (χ0v) is 19.5. The third-order valence-electron chi connectivity index (χ3n) is 5.98. The predicted molar refractivity (Wildman–Crippen MR) is 133 cm³/mol. The Balaban J connectivity index is 1.46. The van der Waals surface area contributed by atoms with Gasteiger partial charge in [-0.25, -0.2) is 4.98 Å². The lowest BCUT2D eigenvalue weighted by Gasteiger charge is -2.14. The fourth-order valence-electron chi connectivity index (χ4n) is 3.88. The summed E-state index contributed by atoms with van der Waals surface area (Å²) in [7, 11) is 1.64. The number of hydrogen-bond donors (Lipinski definition) is 0. The first-order chi connectivity index (χ1) is 16.1. The first kappa shape index (κ1) is 22.6. The van der Waals surface area contributed by atoms with Crippen LogP contribution in [0.3, 0.4) is 0 Å². The van der Waals surface area contributed by atoms with Gasteiger partial charge in [-0.05, 0) is 92.8 Å². The Bertz CT molecular complexity index is 1290. The van der Waals surface area contributed by atoms with Crippen LogP contribution in [0, 0.1) is 13.8 Å². The number of aryl methyl sites for hydroxylation is 2. The van der Waals surface area contributed by atoms with E-state index in [-0.39, 0.29) is 5.56 Å². The molecule has 0 amide bonds. The Hall–Kier alpha value is -3.60. The van der Waals surface area contributed by atoms with Crippen molar-refractivity contribution >= 4 is 10.9 Å². The molecule has 0 radical (unpaired) electrons. The van der Waals surface area contributed by atoms with Gasteiger partial charge < -0.3 is 9.47 Å². The van der Waals surface area contributed by atoms with Crippen LogP contribution < -0.4 is 15.0 Å². The van der Waals surface area contributed by atoms with Gasteiger partial charge in [-0.2, -0.15) is 0 Å². The molecule has 0 spiro atoms. The number of methoxy groups -OCH3 is 1. The van der Waals surface area contributed by atoms with Crippen molar-refractivity contribution in [2.24, 2.45) is 0 Å². The lowest BCUT2D eigenvalue weighted by Crippen LogP contribution is -2.23. The molecule has 0 N–H and O–H groups in total. The zero-order chi connectivity index (χ0) is 23.2. The highest BCUT2D eigenvalue weighted by Crippen LogP contribution is 2.22. The molecule has 4 rings (SSSR count). The summed E-state index contributed by atoms with van der Waals surface area (Å²) in [5, 5.41) is 0.646. The van der Waals surface area contributed by atoms with Crippen LogP contribution in [0.25, 0.3) is 22.3 Å². The van der Waals surface area contributed by atoms with Gasteiger partial charge in [0, 0.05) is 12.1 Å². The summed E-state index contributed by atoms with van der Waals surface area (Å²) in [5.41, 5.74) is 4.12. The smallest absolute Gasteiger partial charge is 0.261 e. The Labute approximate surface area is 194 Å². The molecule has 0 unspecified atom stereocenters. The molecule has 1 heterocycles. The summed E-state index contributed by atoms with van der Waals surface area (Å²) in [6, 6.07) is 21.4. The predicted octanol–water partition coefficient (Wildman–Crippen LogP) is 5.94. The minimum Gasteiger partial charge on any atom is -0.497 e. The van der Waals surface area contributed by atoms with Gasteiger partial charge in [0.2, 0.25) is 0 Å². The molecule has 5 heteroatoms. The highest BCUT2D eigenvalue weighted by Gasteiger charge is 2.13. The molecule has 33 heavy (non-hydrogen) atoms. The summed E-state index contributed by atoms with van der Waals surface area (Å²) in [6.07, 6.45) is 2.77. The second-order valence-electron chi connectivity index (χ2n) is 8.29. The van der Waals surface area contributed by atoms with Crippen molar-refractivity contribution in [3.63, 3.8) is 0 Å². The van der Waals surface area contributed by atoms with E-state index < -0.39 is 0 Å². The van der Waals surface area contributed by atoms with Crippen molar-refractivity contribution in [2.75, 3.05) is 13.7 Å². The second-order valence-corrected chi connectivity index (χ2v) is 8.29. The van der Waals surface area contributed by atoms with Crippen LogP contribution in [-0.2, 0) is 6.54 Å². The van der Waals surface area contributed by atoms with Crippen LogP contribution >= 0.6 is 0 Å². The molecule has 4 aromatic rings.